The molecular weight excluding hydrogens is 368 g/mol. The molecule has 150 valence electrons. The number of nitrogens with zero attached hydrogens (tertiary/aromatic N) is 1. The zero-order valence-electron chi connectivity index (χ0n) is 16.8. The van der Waals surface area contributed by atoms with E-state index in [4.69, 9.17) is 4.74 Å². The van der Waals surface area contributed by atoms with Crippen molar-refractivity contribution < 1.29 is 9.53 Å². The van der Waals surface area contributed by atoms with Crippen LogP contribution in [-0.4, -0.2) is 43.3 Å². The first-order chi connectivity index (χ1) is 13.7. The Morgan fingerprint density at radius 2 is 1.86 bits per heavy atom. The van der Waals surface area contributed by atoms with Gasteiger partial charge in [-0.1, -0.05) is 48.0 Å². The summed E-state index contributed by atoms with van der Waals surface area (Å²) < 4.78 is 5.57. The SMILES string of the molecule is COc1ccccc1C(CNC(=O)CSCc1ccc(C)cc1)N1CCCC1. The number of methoxy groups -OCH3 is 1. The van der Waals surface area contributed by atoms with Crippen LogP contribution in [-0.2, 0) is 10.5 Å². The van der Waals surface area contributed by atoms with Gasteiger partial charge in [-0.3, -0.25) is 9.69 Å². The summed E-state index contributed by atoms with van der Waals surface area (Å²) >= 11 is 1.66. The summed E-state index contributed by atoms with van der Waals surface area (Å²) in [7, 11) is 1.71. The number of ether oxygens (including phenoxy) is 1. The van der Waals surface area contributed by atoms with Gasteiger partial charge in [0.05, 0.1) is 18.9 Å². The average Bonchev–Trinajstić information content (AvgIpc) is 3.24. The molecule has 1 aliphatic heterocycles. The Labute approximate surface area is 172 Å². The van der Waals surface area contributed by atoms with E-state index in [-0.39, 0.29) is 11.9 Å². The lowest BCUT2D eigenvalue weighted by atomic mass is 10.0. The molecule has 2 aromatic rings. The van der Waals surface area contributed by atoms with Crippen LogP contribution in [0.5, 0.6) is 5.75 Å². The van der Waals surface area contributed by atoms with Crippen LogP contribution in [0, 0.1) is 6.92 Å². The van der Waals surface area contributed by atoms with Crippen molar-refractivity contribution in [2.45, 2.75) is 31.6 Å². The van der Waals surface area contributed by atoms with E-state index in [0.29, 0.717) is 12.3 Å². The maximum absolute atomic E-state index is 12.4. The third-order valence-electron chi connectivity index (χ3n) is 5.19. The molecule has 1 heterocycles. The van der Waals surface area contributed by atoms with E-state index in [0.717, 1.165) is 30.2 Å². The number of para-hydroxylation sites is 1. The van der Waals surface area contributed by atoms with Crippen molar-refractivity contribution in [2.75, 3.05) is 32.5 Å². The number of carbonyl (C=O) groups excluding carboxylic acids is 1. The molecule has 1 N–H and O–H groups in total. The van der Waals surface area contributed by atoms with E-state index in [1.54, 1.807) is 18.9 Å². The molecule has 5 heteroatoms. The predicted octanol–water partition coefficient (Wildman–Crippen LogP) is 4.19. The summed E-state index contributed by atoms with van der Waals surface area (Å²) in [6.07, 6.45) is 2.43. The number of benzene rings is 2. The number of hydrogen-bond acceptors (Lipinski definition) is 4. The Hall–Kier alpha value is -1.98. The summed E-state index contributed by atoms with van der Waals surface area (Å²) in [5, 5.41) is 3.15. The molecule has 1 aliphatic rings. The summed E-state index contributed by atoms with van der Waals surface area (Å²) in [6.45, 7) is 4.84. The standard InChI is InChI=1S/C23H30N2O2S/c1-18-9-11-19(12-10-18)16-28-17-23(26)24-15-21(25-13-5-6-14-25)20-7-3-4-8-22(20)27-2/h3-4,7-12,21H,5-6,13-17H2,1-2H3,(H,24,26). The van der Waals surface area contributed by atoms with E-state index in [2.05, 4.69) is 47.5 Å². The average molecular weight is 399 g/mol. The normalized spacial score (nSPS) is 15.4. The van der Waals surface area contributed by atoms with E-state index in [1.165, 1.54) is 24.0 Å². The number of hydrogen-bond donors (Lipinski definition) is 1. The highest BCUT2D eigenvalue weighted by atomic mass is 32.2. The van der Waals surface area contributed by atoms with Gasteiger partial charge in [0, 0.05) is 17.9 Å². The lowest BCUT2D eigenvalue weighted by Crippen LogP contribution is -2.37. The minimum Gasteiger partial charge on any atom is -0.496 e. The highest BCUT2D eigenvalue weighted by molar-refractivity contribution is 7.99. The number of likely N-dealkylation sites (tertiary alicyclic amines) is 1. The van der Waals surface area contributed by atoms with Crippen molar-refractivity contribution in [2.24, 2.45) is 0 Å². The van der Waals surface area contributed by atoms with Crippen molar-refractivity contribution in [3.8, 4) is 5.75 Å². The van der Waals surface area contributed by atoms with Crippen molar-refractivity contribution in [1.29, 1.82) is 0 Å². The largest absolute Gasteiger partial charge is 0.496 e. The molecule has 28 heavy (non-hydrogen) atoms. The van der Waals surface area contributed by atoms with E-state index < -0.39 is 0 Å². The van der Waals surface area contributed by atoms with Crippen molar-refractivity contribution in [1.82, 2.24) is 10.2 Å². The number of nitrogens with one attached hydrogen (secondary N) is 1. The molecule has 2 aromatic carbocycles. The number of rotatable bonds is 9. The summed E-state index contributed by atoms with van der Waals surface area (Å²) in [6, 6.07) is 16.8. The smallest absolute Gasteiger partial charge is 0.230 e. The van der Waals surface area contributed by atoms with Crippen molar-refractivity contribution in [3.63, 3.8) is 0 Å². The molecule has 0 saturated carbocycles. The van der Waals surface area contributed by atoms with Gasteiger partial charge in [-0.2, -0.15) is 0 Å². The predicted molar refractivity (Wildman–Crippen MR) is 117 cm³/mol. The summed E-state index contributed by atoms with van der Waals surface area (Å²) in [5.41, 5.74) is 3.67. The van der Waals surface area contributed by atoms with Gasteiger partial charge < -0.3 is 10.1 Å². The third kappa shape index (κ3) is 5.76. The molecule has 1 saturated heterocycles. The monoisotopic (exact) mass is 398 g/mol. The van der Waals surface area contributed by atoms with Gasteiger partial charge in [-0.15, -0.1) is 11.8 Å². The summed E-state index contributed by atoms with van der Waals surface area (Å²) in [4.78, 5) is 14.9. The minimum absolute atomic E-state index is 0.0937. The minimum atomic E-state index is 0.0937. The van der Waals surface area contributed by atoms with Crippen LogP contribution in [0.3, 0.4) is 0 Å². The van der Waals surface area contributed by atoms with Crippen LogP contribution >= 0.6 is 11.8 Å². The molecule has 0 aliphatic carbocycles. The second-order valence-electron chi connectivity index (χ2n) is 7.28. The maximum Gasteiger partial charge on any atom is 0.230 e. The van der Waals surface area contributed by atoms with E-state index in [9.17, 15) is 4.79 Å². The van der Waals surface area contributed by atoms with Gasteiger partial charge in [-0.05, 0) is 44.5 Å². The molecule has 1 atom stereocenters. The van der Waals surface area contributed by atoms with Crippen LogP contribution < -0.4 is 10.1 Å². The first-order valence-corrected chi connectivity index (χ1v) is 11.1. The van der Waals surface area contributed by atoms with Crippen LogP contribution in [0.25, 0.3) is 0 Å². The Morgan fingerprint density at radius 1 is 1.14 bits per heavy atom. The number of aryl methyl sites for hydroxylation is 1. The molecule has 0 radical (unpaired) electrons. The second-order valence-corrected chi connectivity index (χ2v) is 8.27. The van der Waals surface area contributed by atoms with Crippen LogP contribution in [0.15, 0.2) is 48.5 Å². The first kappa shape index (κ1) is 20.7. The lowest BCUT2D eigenvalue weighted by molar-refractivity contribution is -0.118. The van der Waals surface area contributed by atoms with Gasteiger partial charge in [-0.25, -0.2) is 0 Å². The highest BCUT2D eigenvalue weighted by Gasteiger charge is 2.26. The Bertz CT molecular complexity index is 757. The Morgan fingerprint density at radius 3 is 2.57 bits per heavy atom. The number of thioether (sulfide) groups is 1. The van der Waals surface area contributed by atoms with Crippen molar-refractivity contribution in [3.05, 3.63) is 65.2 Å². The molecule has 1 amide bonds. The van der Waals surface area contributed by atoms with Gasteiger partial charge in [0.2, 0.25) is 5.91 Å². The first-order valence-electron chi connectivity index (χ1n) is 9.94. The molecular formula is C23H30N2O2S. The molecule has 4 nitrogen and oxygen atoms in total. The van der Waals surface area contributed by atoms with Crippen LogP contribution in [0.1, 0.15) is 35.6 Å². The van der Waals surface area contributed by atoms with Gasteiger partial charge >= 0.3 is 0 Å². The van der Waals surface area contributed by atoms with Crippen molar-refractivity contribution >= 4 is 17.7 Å². The molecule has 0 spiro atoms. The molecule has 0 aromatic heterocycles. The highest BCUT2D eigenvalue weighted by Crippen LogP contribution is 2.31. The van der Waals surface area contributed by atoms with Gasteiger partial charge in [0.15, 0.2) is 0 Å². The third-order valence-corrected chi connectivity index (χ3v) is 6.20. The molecule has 1 fully saturated rings. The Balaban J connectivity index is 1.54. The van der Waals surface area contributed by atoms with Gasteiger partial charge in [0.1, 0.15) is 5.75 Å². The molecule has 0 bridgehead atoms. The second kappa shape index (κ2) is 10.5. The topological polar surface area (TPSA) is 41.6 Å². The Kier molecular flexibility index (Phi) is 7.80. The fourth-order valence-corrected chi connectivity index (χ4v) is 4.46. The maximum atomic E-state index is 12.4. The fourth-order valence-electron chi connectivity index (χ4n) is 3.64. The zero-order valence-corrected chi connectivity index (χ0v) is 17.6. The lowest BCUT2D eigenvalue weighted by Gasteiger charge is -2.29. The van der Waals surface area contributed by atoms with Crippen LogP contribution in [0.2, 0.25) is 0 Å². The zero-order chi connectivity index (χ0) is 19.8. The number of carbonyl (C=O) groups is 1. The molecule has 1 unspecified atom stereocenters. The molecule has 3 rings (SSSR count). The number of amides is 1. The van der Waals surface area contributed by atoms with Gasteiger partial charge in [0.25, 0.3) is 0 Å². The van der Waals surface area contributed by atoms with E-state index in [1.807, 2.05) is 18.2 Å². The fraction of sp³-hybridized carbons (Fsp3) is 0.435. The van der Waals surface area contributed by atoms with E-state index >= 15 is 0 Å². The summed E-state index contributed by atoms with van der Waals surface area (Å²) in [5.74, 6) is 2.32. The van der Waals surface area contributed by atoms with Crippen LogP contribution in [0.4, 0.5) is 0 Å². The quantitative estimate of drug-likeness (QED) is 0.688.